The van der Waals surface area contributed by atoms with Crippen LogP contribution in [0.4, 0.5) is 5.69 Å². The van der Waals surface area contributed by atoms with Crippen molar-refractivity contribution in [2.45, 2.75) is 26.8 Å². The number of hydrogen-bond donors (Lipinski definition) is 0. The Bertz CT molecular complexity index is 776. The summed E-state index contributed by atoms with van der Waals surface area (Å²) < 4.78 is 1.04. The number of halogens is 1. The van der Waals surface area contributed by atoms with Crippen molar-refractivity contribution in [3.05, 3.63) is 63.6 Å². The van der Waals surface area contributed by atoms with Gasteiger partial charge in [-0.15, -0.1) is 0 Å². The van der Waals surface area contributed by atoms with Crippen LogP contribution in [0.2, 0.25) is 0 Å². The fourth-order valence-electron chi connectivity index (χ4n) is 2.94. The second kappa shape index (κ2) is 9.51. The van der Waals surface area contributed by atoms with Gasteiger partial charge in [-0.3, -0.25) is 9.69 Å². The number of rotatable bonds is 7. The summed E-state index contributed by atoms with van der Waals surface area (Å²) in [5.74, 6) is 0.00450. The van der Waals surface area contributed by atoms with Crippen molar-refractivity contribution >= 4 is 27.5 Å². The molecular formula is C21H24BrN3O. The molecule has 0 saturated carbocycles. The van der Waals surface area contributed by atoms with E-state index in [0.29, 0.717) is 26.1 Å². The van der Waals surface area contributed by atoms with Crippen LogP contribution in [0, 0.1) is 25.2 Å². The standard InChI is InChI=1S/C21H24BrN3O/c1-16-11-17(2)13-20(12-16)25(10-4-9-23)21(26)15-24(3)14-18-5-7-19(22)8-6-18/h5-8,11-13H,4,10,14-15H2,1-3H3. The molecule has 0 fully saturated rings. The zero-order chi connectivity index (χ0) is 19.1. The van der Waals surface area contributed by atoms with Crippen LogP contribution in [-0.2, 0) is 11.3 Å². The Hall–Kier alpha value is -2.16. The van der Waals surface area contributed by atoms with Crippen LogP contribution < -0.4 is 4.90 Å². The first-order valence-electron chi connectivity index (χ1n) is 8.57. The molecule has 0 N–H and O–H groups in total. The minimum atomic E-state index is 0.00450. The van der Waals surface area contributed by atoms with Crippen molar-refractivity contribution in [3.63, 3.8) is 0 Å². The maximum absolute atomic E-state index is 12.9. The molecule has 2 aromatic rings. The first-order valence-corrected chi connectivity index (χ1v) is 9.37. The lowest BCUT2D eigenvalue weighted by Gasteiger charge is -2.26. The molecule has 5 heteroatoms. The zero-order valence-electron chi connectivity index (χ0n) is 15.5. The summed E-state index contributed by atoms with van der Waals surface area (Å²) in [6, 6.07) is 16.3. The van der Waals surface area contributed by atoms with E-state index in [1.807, 2.05) is 62.2 Å². The monoisotopic (exact) mass is 413 g/mol. The highest BCUT2D eigenvalue weighted by Crippen LogP contribution is 2.20. The number of benzene rings is 2. The largest absolute Gasteiger partial charge is 0.310 e. The van der Waals surface area contributed by atoms with Gasteiger partial charge in [0.05, 0.1) is 19.0 Å². The van der Waals surface area contributed by atoms with Crippen molar-refractivity contribution < 1.29 is 4.79 Å². The third-order valence-corrected chi connectivity index (χ3v) is 4.57. The van der Waals surface area contributed by atoms with E-state index in [2.05, 4.69) is 28.1 Å². The normalized spacial score (nSPS) is 10.6. The first kappa shape index (κ1) is 20.2. The molecule has 26 heavy (non-hydrogen) atoms. The maximum atomic E-state index is 12.9. The fourth-order valence-corrected chi connectivity index (χ4v) is 3.20. The Balaban J connectivity index is 2.10. The van der Waals surface area contributed by atoms with E-state index in [9.17, 15) is 4.79 Å². The van der Waals surface area contributed by atoms with E-state index >= 15 is 0 Å². The number of nitrogens with zero attached hydrogens (tertiary/aromatic N) is 3. The number of nitriles is 1. The molecule has 4 nitrogen and oxygen atoms in total. The number of likely N-dealkylation sites (N-methyl/N-ethyl adjacent to an activating group) is 1. The van der Waals surface area contributed by atoms with Crippen molar-refractivity contribution in [1.29, 1.82) is 5.26 Å². The Morgan fingerprint density at radius 2 is 1.73 bits per heavy atom. The van der Waals surface area contributed by atoms with Gasteiger partial charge in [0.25, 0.3) is 0 Å². The lowest BCUT2D eigenvalue weighted by atomic mass is 10.1. The summed E-state index contributed by atoms with van der Waals surface area (Å²) in [5.41, 5.74) is 4.23. The van der Waals surface area contributed by atoms with E-state index in [0.717, 1.165) is 26.9 Å². The molecule has 0 atom stereocenters. The lowest BCUT2D eigenvalue weighted by molar-refractivity contribution is -0.119. The second-order valence-corrected chi connectivity index (χ2v) is 7.51. The van der Waals surface area contributed by atoms with Gasteiger partial charge in [-0.1, -0.05) is 34.1 Å². The fraction of sp³-hybridized carbons (Fsp3) is 0.333. The molecule has 0 aliphatic rings. The predicted molar refractivity (Wildman–Crippen MR) is 109 cm³/mol. The topological polar surface area (TPSA) is 47.3 Å². The van der Waals surface area contributed by atoms with E-state index in [-0.39, 0.29) is 5.91 Å². The van der Waals surface area contributed by atoms with E-state index in [4.69, 9.17) is 5.26 Å². The lowest BCUT2D eigenvalue weighted by Crippen LogP contribution is -2.39. The molecule has 136 valence electrons. The second-order valence-electron chi connectivity index (χ2n) is 6.60. The number of amides is 1. The van der Waals surface area contributed by atoms with Crippen molar-refractivity contribution in [1.82, 2.24) is 4.90 Å². The van der Waals surface area contributed by atoms with Gasteiger partial charge in [0.2, 0.25) is 5.91 Å². The molecule has 0 aromatic heterocycles. The molecule has 0 aliphatic heterocycles. The van der Waals surface area contributed by atoms with Crippen LogP contribution in [-0.4, -0.2) is 30.9 Å². The molecule has 2 rings (SSSR count). The number of hydrogen-bond acceptors (Lipinski definition) is 3. The van der Waals surface area contributed by atoms with Gasteiger partial charge in [0, 0.05) is 23.2 Å². The highest BCUT2D eigenvalue weighted by Gasteiger charge is 2.18. The van der Waals surface area contributed by atoms with E-state index in [1.54, 1.807) is 4.90 Å². The quantitative estimate of drug-likeness (QED) is 0.673. The van der Waals surface area contributed by atoms with Crippen LogP contribution in [0.15, 0.2) is 46.9 Å². The van der Waals surface area contributed by atoms with Gasteiger partial charge >= 0.3 is 0 Å². The smallest absolute Gasteiger partial charge is 0.241 e. The Kier molecular flexibility index (Phi) is 7.38. The van der Waals surface area contributed by atoms with Crippen LogP contribution in [0.3, 0.4) is 0 Å². The van der Waals surface area contributed by atoms with Crippen LogP contribution in [0.5, 0.6) is 0 Å². The Morgan fingerprint density at radius 3 is 2.31 bits per heavy atom. The molecule has 2 aromatic carbocycles. The Labute approximate surface area is 164 Å². The van der Waals surface area contributed by atoms with Crippen LogP contribution in [0.1, 0.15) is 23.1 Å². The Morgan fingerprint density at radius 1 is 1.12 bits per heavy atom. The molecule has 0 aliphatic carbocycles. The zero-order valence-corrected chi connectivity index (χ0v) is 17.1. The number of anilines is 1. The summed E-state index contributed by atoms with van der Waals surface area (Å²) in [5, 5.41) is 8.95. The summed E-state index contributed by atoms with van der Waals surface area (Å²) in [6.07, 6.45) is 0.315. The predicted octanol–water partition coefficient (Wildman–Crippen LogP) is 4.44. The molecule has 0 bridgehead atoms. The minimum absolute atomic E-state index is 0.00450. The third kappa shape index (κ3) is 5.98. The molecule has 0 radical (unpaired) electrons. The van der Waals surface area contributed by atoms with Gasteiger partial charge in [0.15, 0.2) is 0 Å². The van der Waals surface area contributed by atoms with Crippen molar-refractivity contribution in [3.8, 4) is 6.07 Å². The number of carbonyl (C=O) groups excluding carboxylic acids is 1. The van der Waals surface area contributed by atoms with Crippen LogP contribution >= 0.6 is 15.9 Å². The molecule has 0 spiro atoms. The third-order valence-electron chi connectivity index (χ3n) is 4.04. The summed E-state index contributed by atoms with van der Waals surface area (Å²) >= 11 is 3.43. The highest BCUT2D eigenvalue weighted by molar-refractivity contribution is 9.10. The number of aryl methyl sites for hydroxylation is 2. The average Bonchev–Trinajstić information content (AvgIpc) is 2.56. The molecular weight excluding hydrogens is 390 g/mol. The van der Waals surface area contributed by atoms with Crippen LogP contribution in [0.25, 0.3) is 0 Å². The minimum Gasteiger partial charge on any atom is -0.310 e. The molecule has 0 unspecified atom stereocenters. The SMILES string of the molecule is Cc1cc(C)cc(N(CCC#N)C(=O)CN(C)Cc2ccc(Br)cc2)c1. The number of carbonyl (C=O) groups is 1. The van der Waals surface area contributed by atoms with Gasteiger partial charge < -0.3 is 4.90 Å². The van der Waals surface area contributed by atoms with Gasteiger partial charge in [0.1, 0.15) is 0 Å². The van der Waals surface area contributed by atoms with E-state index in [1.165, 1.54) is 0 Å². The summed E-state index contributed by atoms with van der Waals surface area (Å²) in [6.45, 7) is 5.43. The van der Waals surface area contributed by atoms with Crippen molar-refractivity contribution in [2.24, 2.45) is 0 Å². The highest BCUT2D eigenvalue weighted by atomic mass is 79.9. The maximum Gasteiger partial charge on any atom is 0.241 e. The molecule has 0 heterocycles. The summed E-state index contributed by atoms with van der Waals surface area (Å²) in [7, 11) is 1.93. The summed E-state index contributed by atoms with van der Waals surface area (Å²) in [4.78, 5) is 16.6. The van der Waals surface area contributed by atoms with Gasteiger partial charge in [-0.25, -0.2) is 0 Å². The molecule has 0 saturated heterocycles. The van der Waals surface area contributed by atoms with E-state index < -0.39 is 0 Å². The van der Waals surface area contributed by atoms with Gasteiger partial charge in [-0.05, 0) is 61.9 Å². The first-order chi connectivity index (χ1) is 12.4. The molecule has 1 amide bonds. The van der Waals surface area contributed by atoms with Crippen molar-refractivity contribution in [2.75, 3.05) is 25.0 Å². The van der Waals surface area contributed by atoms with Gasteiger partial charge in [-0.2, -0.15) is 5.26 Å². The average molecular weight is 414 g/mol.